The Morgan fingerprint density at radius 1 is 1.50 bits per heavy atom. The highest BCUT2D eigenvalue weighted by atomic mass is 35.5. The van der Waals surface area contributed by atoms with E-state index in [0.29, 0.717) is 10.7 Å². The van der Waals surface area contributed by atoms with E-state index in [4.69, 9.17) is 34.0 Å². The molecule has 1 aromatic heterocycles. The van der Waals surface area contributed by atoms with E-state index in [0.717, 1.165) is 0 Å². The van der Waals surface area contributed by atoms with Crippen LogP contribution in [0.25, 0.3) is 0 Å². The lowest BCUT2D eigenvalue weighted by molar-refractivity contribution is 0.268. The average Bonchev–Trinajstić information content (AvgIpc) is 2.03. The first-order valence-corrected chi connectivity index (χ1v) is 4.09. The molecule has 0 aliphatic rings. The Labute approximate surface area is 80.1 Å². The molecular formula is C7H8Cl2N2O. The van der Waals surface area contributed by atoms with E-state index in [1.54, 1.807) is 12.1 Å². The van der Waals surface area contributed by atoms with Gasteiger partial charge >= 0.3 is 0 Å². The van der Waals surface area contributed by atoms with Crippen molar-refractivity contribution in [2.45, 2.75) is 6.04 Å². The Morgan fingerprint density at radius 3 is 2.67 bits per heavy atom. The molecule has 1 aromatic rings. The summed E-state index contributed by atoms with van der Waals surface area (Å²) >= 11 is 11.3. The standard InChI is InChI=1S/C7H8Cl2N2O/c8-6-2-1-4(5(10)3-12)7(9)11-6/h1-2,5,12H,3,10H2/t5-/m0/s1. The van der Waals surface area contributed by atoms with Crippen LogP contribution in [-0.2, 0) is 0 Å². The van der Waals surface area contributed by atoms with Crippen LogP contribution in [0.4, 0.5) is 0 Å². The zero-order chi connectivity index (χ0) is 9.14. The van der Waals surface area contributed by atoms with Crippen LogP contribution in [0.2, 0.25) is 10.3 Å². The van der Waals surface area contributed by atoms with Gasteiger partial charge in [-0.15, -0.1) is 0 Å². The Hall–Kier alpha value is -0.350. The van der Waals surface area contributed by atoms with Gasteiger partial charge in [-0.3, -0.25) is 0 Å². The fourth-order valence-corrected chi connectivity index (χ4v) is 1.28. The summed E-state index contributed by atoms with van der Waals surface area (Å²) in [6.45, 7) is -0.164. The third-order valence-electron chi connectivity index (χ3n) is 1.44. The van der Waals surface area contributed by atoms with Gasteiger partial charge in [0.15, 0.2) is 0 Å². The highest BCUT2D eigenvalue weighted by Gasteiger charge is 2.09. The molecule has 0 saturated heterocycles. The molecule has 0 aromatic carbocycles. The van der Waals surface area contributed by atoms with Crippen LogP contribution in [0.3, 0.4) is 0 Å². The van der Waals surface area contributed by atoms with Crippen molar-refractivity contribution in [2.75, 3.05) is 6.61 Å². The molecule has 0 saturated carbocycles. The summed E-state index contributed by atoms with van der Waals surface area (Å²) in [5.74, 6) is 0. The molecule has 12 heavy (non-hydrogen) atoms. The number of nitrogens with zero attached hydrogens (tertiary/aromatic N) is 1. The first-order chi connectivity index (χ1) is 5.65. The van der Waals surface area contributed by atoms with Crippen LogP contribution in [0.5, 0.6) is 0 Å². The normalized spacial score (nSPS) is 13.0. The molecule has 0 aliphatic heterocycles. The fourth-order valence-electron chi connectivity index (χ4n) is 0.798. The molecule has 66 valence electrons. The van der Waals surface area contributed by atoms with Crippen molar-refractivity contribution in [3.63, 3.8) is 0 Å². The monoisotopic (exact) mass is 206 g/mol. The number of hydrogen-bond acceptors (Lipinski definition) is 3. The van der Waals surface area contributed by atoms with Gasteiger partial charge < -0.3 is 10.8 Å². The number of halogens is 2. The molecule has 0 bridgehead atoms. The number of pyridine rings is 1. The summed E-state index contributed by atoms with van der Waals surface area (Å²) in [7, 11) is 0. The SMILES string of the molecule is N[C@@H](CO)c1ccc(Cl)nc1Cl. The Balaban J connectivity index is 3.01. The van der Waals surface area contributed by atoms with Gasteiger partial charge in [-0.05, 0) is 6.07 Å². The lowest BCUT2D eigenvalue weighted by Crippen LogP contribution is -2.15. The topological polar surface area (TPSA) is 59.1 Å². The van der Waals surface area contributed by atoms with Crippen LogP contribution in [0, 0.1) is 0 Å². The van der Waals surface area contributed by atoms with Gasteiger partial charge in [-0.25, -0.2) is 4.98 Å². The minimum atomic E-state index is -0.498. The maximum atomic E-state index is 8.74. The molecular weight excluding hydrogens is 199 g/mol. The van der Waals surface area contributed by atoms with E-state index in [1.165, 1.54) is 0 Å². The molecule has 1 atom stereocenters. The van der Waals surface area contributed by atoms with Crippen molar-refractivity contribution in [1.82, 2.24) is 4.98 Å². The van der Waals surface area contributed by atoms with Crippen LogP contribution >= 0.6 is 23.2 Å². The van der Waals surface area contributed by atoms with E-state index < -0.39 is 6.04 Å². The first kappa shape index (κ1) is 9.74. The minimum absolute atomic E-state index is 0.164. The lowest BCUT2D eigenvalue weighted by atomic mass is 10.1. The average molecular weight is 207 g/mol. The number of aliphatic hydroxyl groups excluding tert-OH is 1. The van der Waals surface area contributed by atoms with Gasteiger partial charge in [0.25, 0.3) is 0 Å². The maximum Gasteiger partial charge on any atom is 0.135 e. The molecule has 3 nitrogen and oxygen atoms in total. The summed E-state index contributed by atoms with van der Waals surface area (Å²) < 4.78 is 0. The van der Waals surface area contributed by atoms with Gasteiger partial charge in [-0.1, -0.05) is 29.3 Å². The summed E-state index contributed by atoms with van der Waals surface area (Å²) in [6.07, 6.45) is 0. The van der Waals surface area contributed by atoms with E-state index in [-0.39, 0.29) is 11.8 Å². The Kier molecular flexibility index (Phi) is 3.29. The third-order valence-corrected chi connectivity index (χ3v) is 1.95. The molecule has 0 unspecified atom stereocenters. The van der Waals surface area contributed by atoms with Gasteiger partial charge in [0, 0.05) is 5.56 Å². The van der Waals surface area contributed by atoms with Crippen molar-refractivity contribution in [3.8, 4) is 0 Å². The maximum absolute atomic E-state index is 8.74. The fraction of sp³-hybridized carbons (Fsp3) is 0.286. The molecule has 3 N–H and O–H groups in total. The number of aliphatic hydroxyl groups is 1. The second-order valence-electron chi connectivity index (χ2n) is 2.30. The summed E-state index contributed by atoms with van der Waals surface area (Å²) in [5, 5.41) is 9.29. The molecule has 0 radical (unpaired) electrons. The van der Waals surface area contributed by atoms with E-state index >= 15 is 0 Å². The zero-order valence-electron chi connectivity index (χ0n) is 6.17. The number of rotatable bonds is 2. The third kappa shape index (κ3) is 2.08. The van der Waals surface area contributed by atoms with Gasteiger partial charge in [0.05, 0.1) is 12.6 Å². The van der Waals surface area contributed by atoms with E-state index in [1.807, 2.05) is 0 Å². The highest BCUT2D eigenvalue weighted by molar-refractivity contribution is 6.32. The smallest absolute Gasteiger partial charge is 0.135 e. The number of aromatic nitrogens is 1. The van der Waals surface area contributed by atoms with Crippen LogP contribution < -0.4 is 5.73 Å². The number of nitrogens with two attached hydrogens (primary N) is 1. The van der Waals surface area contributed by atoms with Crippen LogP contribution in [-0.4, -0.2) is 16.7 Å². The second-order valence-corrected chi connectivity index (χ2v) is 3.05. The van der Waals surface area contributed by atoms with Crippen molar-refractivity contribution >= 4 is 23.2 Å². The lowest BCUT2D eigenvalue weighted by Gasteiger charge is -2.09. The highest BCUT2D eigenvalue weighted by Crippen LogP contribution is 2.21. The Morgan fingerprint density at radius 2 is 2.17 bits per heavy atom. The van der Waals surface area contributed by atoms with Crippen LogP contribution in [0.1, 0.15) is 11.6 Å². The first-order valence-electron chi connectivity index (χ1n) is 3.33. The predicted octanol–water partition coefficient (Wildman–Crippen LogP) is 1.38. The zero-order valence-corrected chi connectivity index (χ0v) is 7.68. The largest absolute Gasteiger partial charge is 0.394 e. The van der Waals surface area contributed by atoms with Crippen molar-refractivity contribution in [1.29, 1.82) is 0 Å². The molecule has 1 rings (SSSR count). The molecule has 0 amide bonds. The summed E-state index contributed by atoms with van der Waals surface area (Å²) in [4.78, 5) is 3.78. The summed E-state index contributed by atoms with van der Waals surface area (Å²) in [5.41, 5.74) is 6.13. The van der Waals surface area contributed by atoms with Crippen molar-refractivity contribution in [3.05, 3.63) is 28.0 Å². The Bertz CT molecular complexity index is 280. The van der Waals surface area contributed by atoms with E-state index in [9.17, 15) is 0 Å². The molecule has 0 spiro atoms. The molecule has 0 fully saturated rings. The predicted molar refractivity (Wildman–Crippen MR) is 48.3 cm³/mol. The van der Waals surface area contributed by atoms with Crippen LogP contribution in [0.15, 0.2) is 12.1 Å². The van der Waals surface area contributed by atoms with Crippen molar-refractivity contribution in [2.24, 2.45) is 5.73 Å². The van der Waals surface area contributed by atoms with Gasteiger partial charge in [0.2, 0.25) is 0 Å². The quantitative estimate of drug-likeness (QED) is 0.720. The van der Waals surface area contributed by atoms with E-state index in [2.05, 4.69) is 4.98 Å². The summed E-state index contributed by atoms with van der Waals surface area (Å²) in [6, 6.07) is 2.74. The van der Waals surface area contributed by atoms with Gasteiger partial charge in [-0.2, -0.15) is 0 Å². The molecule has 0 aliphatic carbocycles. The number of hydrogen-bond donors (Lipinski definition) is 2. The molecule has 1 heterocycles. The van der Waals surface area contributed by atoms with Gasteiger partial charge in [0.1, 0.15) is 10.3 Å². The minimum Gasteiger partial charge on any atom is -0.394 e. The van der Waals surface area contributed by atoms with Crippen molar-refractivity contribution < 1.29 is 5.11 Å². The molecule has 5 heteroatoms. The second kappa shape index (κ2) is 4.05.